The highest BCUT2D eigenvalue weighted by Crippen LogP contribution is 2.09. The number of amides is 1. The van der Waals surface area contributed by atoms with Gasteiger partial charge in [-0.25, -0.2) is 4.79 Å². The molecule has 1 unspecified atom stereocenters. The van der Waals surface area contributed by atoms with Crippen LogP contribution in [0.5, 0.6) is 0 Å². The van der Waals surface area contributed by atoms with Crippen molar-refractivity contribution in [2.45, 2.75) is 25.8 Å². The second kappa shape index (κ2) is 5.50. The molecule has 5 heteroatoms. The molecule has 0 aromatic carbocycles. The van der Waals surface area contributed by atoms with E-state index in [1.54, 1.807) is 17.5 Å². The highest BCUT2D eigenvalue weighted by Gasteiger charge is 2.19. The second-order valence-electron chi connectivity index (χ2n) is 3.13. The Morgan fingerprint density at radius 1 is 1.60 bits per heavy atom. The third-order valence-corrected chi connectivity index (χ3v) is 2.79. The molecule has 1 aromatic heterocycles. The van der Waals surface area contributed by atoms with E-state index in [2.05, 4.69) is 5.32 Å². The molecule has 0 bridgehead atoms. The van der Waals surface area contributed by atoms with Crippen molar-refractivity contribution in [3.05, 3.63) is 22.4 Å². The molecule has 0 aliphatic heterocycles. The fourth-order valence-corrected chi connectivity index (χ4v) is 1.81. The lowest BCUT2D eigenvalue weighted by Gasteiger charge is -2.12. The molecule has 4 nitrogen and oxygen atoms in total. The van der Waals surface area contributed by atoms with Gasteiger partial charge in [0, 0.05) is 0 Å². The lowest BCUT2D eigenvalue weighted by Crippen LogP contribution is -2.40. The summed E-state index contributed by atoms with van der Waals surface area (Å²) in [6, 6.07) is 2.64. The molecule has 0 aliphatic rings. The van der Waals surface area contributed by atoms with Crippen LogP contribution < -0.4 is 5.32 Å². The third kappa shape index (κ3) is 3.36. The summed E-state index contributed by atoms with van der Waals surface area (Å²) >= 11 is 1.30. The average molecular weight is 227 g/mol. The van der Waals surface area contributed by atoms with Crippen molar-refractivity contribution >= 4 is 23.2 Å². The largest absolute Gasteiger partial charge is 0.480 e. The zero-order valence-electron chi connectivity index (χ0n) is 8.40. The highest BCUT2D eigenvalue weighted by molar-refractivity contribution is 7.12. The first kappa shape index (κ1) is 11.7. The van der Waals surface area contributed by atoms with Gasteiger partial charge in [0.2, 0.25) is 0 Å². The van der Waals surface area contributed by atoms with Crippen LogP contribution in [0.15, 0.2) is 17.5 Å². The van der Waals surface area contributed by atoms with Crippen LogP contribution in [0.1, 0.15) is 29.4 Å². The van der Waals surface area contributed by atoms with Gasteiger partial charge in [0.1, 0.15) is 6.04 Å². The minimum absolute atomic E-state index is 0.314. The topological polar surface area (TPSA) is 66.4 Å². The van der Waals surface area contributed by atoms with E-state index < -0.39 is 12.0 Å². The van der Waals surface area contributed by atoms with Crippen LogP contribution >= 0.6 is 11.3 Å². The Bertz CT molecular complexity index is 334. The van der Waals surface area contributed by atoms with E-state index >= 15 is 0 Å². The van der Waals surface area contributed by atoms with Crippen LogP contribution in [0.2, 0.25) is 0 Å². The number of thiophene rings is 1. The Morgan fingerprint density at radius 2 is 2.33 bits per heavy atom. The molecule has 0 saturated carbocycles. The summed E-state index contributed by atoms with van der Waals surface area (Å²) in [5, 5.41) is 13.1. The summed E-state index contributed by atoms with van der Waals surface area (Å²) in [5.74, 6) is -1.30. The minimum atomic E-state index is -0.984. The Kier molecular flexibility index (Phi) is 4.30. The molecule has 82 valence electrons. The van der Waals surface area contributed by atoms with Crippen LogP contribution in [0.25, 0.3) is 0 Å². The molecule has 1 amide bonds. The zero-order chi connectivity index (χ0) is 11.3. The molecule has 15 heavy (non-hydrogen) atoms. The van der Waals surface area contributed by atoms with Crippen LogP contribution in [-0.4, -0.2) is 23.0 Å². The smallest absolute Gasteiger partial charge is 0.326 e. The van der Waals surface area contributed by atoms with Crippen molar-refractivity contribution in [2.24, 2.45) is 0 Å². The van der Waals surface area contributed by atoms with Gasteiger partial charge in [-0.15, -0.1) is 11.3 Å². The van der Waals surface area contributed by atoms with Gasteiger partial charge in [-0.1, -0.05) is 19.4 Å². The number of hydrogen-bond donors (Lipinski definition) is 2. The quantitative estimate of drug-likeness (QED) is 0.805. The monoisotopic (exact) mass is 227 g/mol. The van der Waals surface area contributed by atoms with E-state index in [1.165, 1.54) is 11.3 Å². The molecule has 1 aromatic rings. The van der Waals surface area contributed by atoms with Crippen molar-refractivity contribution in [2.75, 3.05) is 0 Å². The van der Waals surface area contributed by atoms with Crippen molar-refractivity contribution < 1.29 is 14.7 Å². The number of aliphatic carboxylic acids is 1. The maximum absolute atomic E-state index is 11.5. The van der Waals surface area contributed by atoms with Crippen molar-refractivity contribution in [3.8, 4) is 0 Å². The Hall–Kier alpha value is -1.36. The molecule has 0 saturated heterocycles. The summed E-state index contributed by atoms with van der Waals surface area (Å²) in [6.45, 7) is 1.88. The van der Waals surface area contributed by atoms with Gasteiger partial charge in [-0.2, -0.15) is 0 Å². The molecule has 1 atom stereocenters. The molecule has 0 aliphatic carbocycles. The Balaban J connectivity index is 2.59. The first-order valence-electron chi connectivity index (χ1n) is 4.72. The normalized spacial score (nSPS) is 12.1. The number of carboxylic acids is 1. The van der Waals surface area contributed by atoms with Gasteiger partial charge < -0.3 is 10.4 Å². The Labute approximate surface area is 91.9 Å². The van der Waals surface area contributed by atoms with Crippen molar-refractivity contribution in [1.82, 2.24) is 5.32 Å². The van der Waals surface area contributed by atoms with Crippen molar-refractivity contribution in [1.29, 1.82) is 0 Å². The summed E-state index contributed by atoms with van der Waals surface area (Å²) < 4.78 is 0. The van der Waals surface area contributed by atoms with Crippen LogP contribution in [0.3, 0.4) is 0 Å². The molecule has 0 spiro atoms. The second-order valence-corrected chi connectivity index (χ2v) is 4.08. The van der Waals surface area contributed by atoms with Gasteiger partial charge >= 0.3 is 5.97 Å². The SMILES string of the molecule is CCCC(NC(=O)c1cccs1)C(=O)O. The predicted molar refractivity (Wildman–Crippen MR) is 58.1 cm³/mol. The first-order chi connectivity index (χ1) is 7.15. The van der Waals surface area contributed by atoms with E-state index in [-0.39, 0.29) is 5.91 Å². The van der Waals surface area contributed by atoms with E-state index in [1.807, 2.05) is 6.92 Å². The van der Waals surface area contributed by atoms with Gasteiger partial charge in [0.15, 0.2) is 0 Å². The van der Waals surface area contributed by atoms with Gasteiger partial charge in [0.05, 0.1) is 4.88 Å². The lowest BCUT2D eigenvalue weighted by molar-refractivity contribution is -0.139. The molecule has 0 radical (unpaired) electrons. The number of rotatable bonds is 5. The number of carbonyl (C=O) groups excluding carboxylic acids is 1. The fraction of sp³-hybridized carbons (Fsp3) is 0.400. The van der Waals surface area contributed by atoms with Crippen LogP contribution in [0, 0.1) is 0 Å². The van der Waals surface area contributed by atoms with E-state index in [0.717, 1.165) is 6.42 Å². The summed E-state index contributed by atoms with van der Waals surface area (Å²) in [7, 11) is 0. The van der Waals surface area contributed by atoms with Gasteiger partial charge in [-0.05, 0) is 17.9 Å². The maximum atomic E-state index is 11.5. The first-order valence-corrected chi connectivity index (χ1v) is 5.60. The number of nitrogens with one attached hydrogen (secondary N) is 1. The number of carbonyl (C=O) groups is 2. The third-order valence-electron chi connectivity index (χ3n) is 1.93. The fourth-order valence-electron chi connectivity index (χ4n) is 1.18. The minimum Gasteiger partial charge on any atom is -0.480 e. The molecule has 1 rings (SSSR count). The maximum Gasteiger partial charge on any atom is 0.326 e. The summed E-state index contributed by atoms with van der Waals surface area (Å²) in [5.41, 5.74) is 0. The van der Waals surface area contributed by atoms with Gasteiger partial charge in [-0.3, -0.25) is 4.79 Å². The summed E-state index contributed by atoms with van der Waals surface area (Å²) in [6.07, 6.45) is 1.17. The van der Waals surface area contributed by atoms with E-state index in [0.29, 0.717) is 11.3 Å². The summed E-state index contributed by atoms with van der Waals surface area (Å²) in [4.78, 5) is 22.9. The number of carboxylic acid groups (broad SMARTS) is 1. The van der Waals surface area contributed by atoms with Crippen LogP contribution in [0.4, 0.5) is 0 Å². The lowest BCUT2D eigenvalue weighted by atomic mass is 10.1. The van der Waals surface area contributed by atoms with Gasteiger partial charge in [0.25, 0.3) is 5.91 Å². The molecular formula is C10H13NO3S. The van der Waals surface area contributed by atoms with E-state index in [9.17, 15) is 9.59 Å². The molecule has 2 N–H and O–H groups in total. The standard InChI is InChI=1S/C10H13NO3S/c1-2-4-7(10(13)14)11-9(12)8-5-3-6-15-8/h3,5-7H,2,4H2,1H3,(H,11,12)(H,13,14). The highest BCUT2D eigenvalue weighted by atomic mass is 32.1. The van der Waals surface area contributed by atoms with Crippen LogP contribution in [-0.2, 0) is 4.79 Å². The van der Waals surface area contributed by atoms with Crippen molar-refractivity contribution in [3.63, 3.8) is 0 Å². The Morgan fingerprint density at radius 3 is 2.80 bits per heavy atom. The zero-order valence-corrected chi connectivity index (χ0v) is 9.21. The molecular weight excluding hydrogens is 214 g/mol. The number of hydrogen-bond acceptors (Lipinski definition) is 3. The van der Waals surface area contributed by atoms with E-state index in [4.69, 9.17) is 5.11 Å². The molecule has 1 heterocycles. The molecule has 0 fully saturated rings. The average Bonchev–Trinajstić information content (AvgIpc) is 2.69. The predicted octanol–water partition coefficient (Wildman–Crippen LogP) is 1.73.